The monoisotopic (exact) mass is 472 g/mol. The maximum Gasteiger partial charge on any atom is 0.248 e. The zero-order valence-corrected chi connectivity index (χ0v) is 16.3. The molecule has 0 aliphatic carbocycles. The molecule has 2 aromatic heterocycles. The van der Waals surface area contributed by atoms with E-state index in [0.29, 0.717) is 23.6 Å². The Bertz CT molecular complexity index is 968. The van der Waals surface area contributed by atoms with Crippen molar-refractivity contribution in [3.63, 3.8) is 0 Å². The predicted molar refractivity (Wildman–Crippen MR) is 104 cm³/mol. The second-order valence-electron chi connectivity index (χ2n) is 5.24. The van der Waals surface area contributed by atoms with Gasteiger partial charge in [-0.05, 0) is 48.5 Å². The fourth-order valence-electron chi connectivity index (χ4n) is 2.16. The number of halogens is 2. The van der Waals surface area contributed by atoms with Crippen LogP contribution in [-0.4, -0.2) is 20.4 Å². The van der Waals surface area contributed by atoms with E-state index < -0.39 is 0 Å². The summed E-state index contributed by atoms with van der Waals surface area (Å²) < 4.78 is 13.2. The molecular weight excluding hydrogens is 464 g/mol. The lowest BCUT2D eigenvalue weighted by Gasteiger charge is -1.93. The van der Waals surface area contributed by atoms with Gasteiger partial charge in [-0.1, -0.05) is 31.9 Å². The number of hydrogen-bond donors (Lipinski definition) is 0. The summed E-state index contributed by atoms with van der Waals surface area (Å²) >= 11 is 6.79. The van der Waals surface area contributed by atoms with Crippen molar-refractivity contribution in [2.24, 2.45) is 0 Å². The van der Waals surface area contributed by atoms with Gasteiger partial charge < -0.3 is 8.83 Å². The molecule has 0 amide bonds. The summed E-state index contributed by atoms with van der Waals surface area (Å²) in [5.74, 6) is 1.59. The van der Waals surface area contributed by atoms with E-state index in [1.807, 2.05) is 48.5 Å². The lowest BCUT2D eigenvalue weighted by atomic mass is 10.2. The SMILES string of the molecule is Brc1ccc(-c2nnc(/C=C/c3nnc(-c4ccc(Br)cc4)o3)o2)cc1. The smallest absolute Gasteiger partial charge is 0.248 e. The first-order valence-electron chi connectivity index (χ1n) is 7.54. The molecule has 0 unspecified atom stereocenters. The van der Waals surface area contributed by atoms with Gasteiger partial charge in [0.15, 0.2) is 0 Å². The van der Waals surface area contributed by atoms with E-state index in [0.717, 1.165) is 20.1 Å². The molecule has 0 bridgehead atoms. The molecule has 0 radical (unpaired) electrons. The highest BCUT2D eigenvalue weighted by molar-refractivity contribution is 9.10. The van der Waals surface area contributed by atoms with Crippen LogP contribution in [0.4, 0.5) is 0 Å². The summed E-state index contributed by atoms with van der Waals surface area (Å²) in [6.07, 6.45) is 3.27. The summed E-state index contributed by atoms with van der Waals surface area (Å²) in [7, 11) is 0. The Balaban J connectivity index is 1.50. The van der Waals surface area contributed by atoms with E-state index in [9.17, 15) is 0 Å². The number of aromatic nitrogens is 4. The Morgan fingerprint density at radius 2 is 0.962 bits per heavy atom. The second kappa shape index (κ2) is 7.35. The fraction of sp³-hybridized carbons (Fsp3) is 0. The van der Waals surface area contributed by atoms with E-state index in [1.54, 1.807) is 12.2 Å². The quantitative estimate of drug-likeness (QED) is 0.390. The first-order valence-corrected chi connectivity index (χ1v) is 9.13. The molecule has 0 saturated heterocycles. The molecule has 0 atom stereocenters. The molecule has 8 heteroatoms. The molecule has 6 nitrogen and oxygen atoms in total. The minimum atomic E-state index is 0.353. The molecule has 26 heavy (non-hydrogen) atoms. The summed E-state index contributed by atoms with van der Waals surface area (Å²) in [6.45, 7) is 0. The highest BCUT2D eigenvalue weighted by Crippen LogP contribution is 2.22. The second-order valence-corrected chi connectivity index (χ2v) is 7.07. The summed E-state index contributed by atoms with van der Waals surface area (Å²) in [4.78, 5) is 0. The van der Waals surface area contributed by atoms with Crippen LogP contribution in [-0.2, 0) is 0 Å². The maximum atomic E-state index is 5.62. The number of hydrogen-bond acceptors (Lipinski definition) is 6. The van der Waals surface area contributed by atoms with Crippen LogP contribution >= 0.6 is 31.9 Å². The average Bonchev–Trinajstić information content (AvgIpc) is 3.31. The molecule has 128 valence electrons. The van der Waals surface area contributed by atoms with Crippen molar-refractivity contribution in [2.75, 3.05) is 0 Å². The lowest BCUT2D eigenvalue weighted by molar-refractivity contribution is 0.552. The van der Waals surface area contributed by atoms with Gasteiger partial charge in [0.25, 0.3) is 0 Å². The van der Waals surface area contributed by atoms with Crippen LogP contribution in [0.1, 0.15) is 11.8 Å². The molecule has 0 aliphatic rings. The van der Waals surface area contributed by atoms with Crippen LogP contribution < -0.4 is 0 Å². The van der Waals surface area contributed by atoms with Gasteiger partial charge in [-0.2, -0.15) is 0 Å². The average molecular weight is 474 g/mol. The maximum absolute atomic E-state index is 5.62. The first kappa shape index (κ1) is 16.9. The minimum absolute atomic E-state index is 0.353. The normalized spacial score (nSPS) is 11.3. The number of rotatable bonds is 4. The molecular formula is C18H10Br2N4O2. The Kier molecular flexibility index (Phi) is 4.77. The van der Waals surface area contributed by atoms with E-state index in [1.165, 1.54) is 0 Å². The minimum Gasteiger partial charge on any atom is -0.417 e. The van der Waals surface area contributed by atoms with Gasteiger partial charge in [-0.25, -0.2) is 0 Å². The van der Waals surface area contributed by atoms with Crippen LogP contribution in [0.15, 0.2) is 66.3 Å². The first-order chi connectivity index (χ1) is 12.7. The van der Waals surface area contributed by atoms with Crippen molar-refractivity contribution in [1.29, 1.82) is 0 Å². The van der Waals surface area contributed by atoms with Crippen LogP contribution in [0.5, 0.6) is 0 Å². The standard InChI is InChI=1S/C18H10Br2N4O2/c19-13-5-1-11(2-6-13)17-23-21-15(25-17)9-10-16-22-24-18(26-16)12-3-7-14(20)8-4-12/h1-10H/b10-9+. The molecule has 0 spiro atoms. The van der Waals surface area contributed by atoms with E-state index >= 15 is 0 Å². The molecule has 2 heterocycles. The Labute approximate surface area is 165 Å². The molecule has 4 rings (SSSR count). The van der Waals surface area contributed by atoms with E-state index in [4.69, 9.17) is 8.83 Å². The van der Waals surface area contributed by atoms with Crippen molar-refractivity contribution in [1.82, 2.24) is 20.4 Å². The van der Waals surface area contributed by atoms with Gasteiger partial charge >= 0.3 is 0 Å². The van der Waals surface area contributed by atoms with Crippen molar-refractivity contribution < 1.29 is 8.83 Å². The van der Waals surface area contributed by atoms with Gasteiger partial charge in [0, 0.05) is 32.2 Å². The lowest BCUT2D eigenvalue weighted by Crippen LogP contribution is -1.76. The molecule has 4 aromatic rings. The van der Waals surface area contributed by atoms with Crippen molar-refractivity contribution in [2.45, 2.75) is 0 Å². The molecule has 0 N–H and O–H groups in total. The van der Waals surface area contributed by atoms with Crippen LogP contribution in [0.25, 0.3) is 35.1 Å². The highest BCUT2D eigenvalue weighted by Gasteiger charge is 2.08. The van der Waals surface area contributed by atoms with E-state index in [-0.39, 0.29) is 0 Å². The summed E-state index contributed by atoms with van der Waals surface area (Å²) in [5, 5.41) is 16.1. The predicted octanol–water partition coefficient (Wildman–Crippen LogP) is 5.48. The molecule has 2 aromatic carbocycles. The van der Waals surface area contributed by atoms with Crippen molar-refractivity contribution in [3.05, 3.63) is 69.3 Å². The van der Waals surface area contributed by atoms with Gasteiger partial charge in [-0.3, -0.25) is 0 Å². The van der Waals surface area contributed by atoms with Crippen LogP contribution in [0.3, 0.4) is 0 Å². The van der Waals surface area contributed by atoms with E-state index in [2.05, 4.69) is 52.3 Å². The number of benzene rings is 2. The van der Waals surface area contributed by atoms with Crippen molar-refractivity contribution >= 4 is 44.0 Å². The Morgan fingerprint density at radius 3 is 1.35 bits per heavy atom. The van der Waals surface area contributed by atoms with Gasteiger partial charge in [0.2, 0.25) is 23.6 Å². The third kappa shape index (κ3) is 3.81. The Hall–Kier alpha value is -2.58. The molecule has 0 saturated carbocycles. The summed E-state index contributed by atoms with van der Waals surface area (Å²) in [6, 6.07) is 15.2. The number of nitrogens with zero attached hydrogens (tertiary/aromatic N) is 4. The van der Waals surface area contributed by atoms with Crippen LogP contribution in [0.2, 0.25) is 0 Å². The fourth-order valence-corrected chi connectivity index (χ4v) is 2.69. The highest BCUT2D eigenvalue weighted by atomic mass is 79.9. The molecule has 0 fully saturated rings. The largest absolute Gasteiger partial charge is 0.417 e. The van der Waals surface area contributed by atoms with Gasteiger partial charge in [0.1, 0.15) is 0 Å². The Morgan fingerprint density at radius 1 is 0.577 bits per heavy atom. The van der Waals surface area contributed by atoms with Gasteiger partial charge in [0.05, 0.1) is 0 Å². The zero-order valence-electron chi connectivity index (χ0n) is 13.1. The zero-order chi connectivity index (χ0) is 17.9. The van der Waals surface area contributed by atoms with Crippen molar-refractivity contribution in [3.8, 4) is 22.9 Å². The third-order valence-electron chi connectivity index (χ3n) is 3.43. The molecule has 0 aliphatic heterocycles. The summed E-state index contributed by atoms with van der Waals surface area (Å²) in [5.41, 5.74) is 1.69. The topological polar surface area (TPSA) is 77.8 Å². The van der Waals surface area contributed by atoms with Crippen LogP contribution in [0, 0.1) is 0 Å². The third-order valence-corrected chi connectivity index (χ3v) is 4.49. The van der Waals surface area contributed by atoms with Gasteiger partial charge in [-0.15, -0.1) is 20.4 Å².